The number of hydrogen-bond acceptors (Lipinski definition) is 4. The number of rotatable bonds is 3. The van der Waals surface area contributed by atoms with Crippen molar-refractivity contribution in [3.8, 4) is 5.88 Å². The molecule has 2 heterocycles. The van der Waals surface area contributed by atoms with Gasteiger partial charge in [-0.2, -0.15) is 0 Å². The Labute approximate surface area is 117 Å². The van der Waals surface area contributed by atoms with E-state index in [0.717, 1.165) is 17.8 Å². The molecule has 6 heteroatoms. The largest absolute Gasteiger partial charge is 0.493 e. The zero-order valence-electron chi connectivity index (χ0n) is 11.6. The summed E-state index contributed by atoms with van der Waals surface area (Å²) >= 11 is 5.38. The van der Waals surface area contributed by atoms with E-state index >= 15 is 0 Å². The van der Waals surface area contributed by atoms with E-state index in [9.17, 15) is 5.11 Å². The molecule has 1 atom stereocenters. The van der Waals surface area contributed by atoms with Crippen LogP contribution in [0.1, 0.15) is 38.9 Å². The summed E-state index contributed by atoms with van der Waals surface area (Å²) in [5.74, 6) is 0.184. The Bertz CT molecular complexity index is 648. The van der Waals surface area contributed by atoms with Crippen LogP contribution in [0.25, 0.3) is 6.08 Å². The third-order valence-electron chi connectivity index (χ3n) is 3.44. The number of aromatic hydroxyl groups is 1. The van der Waals surface area contributed by atoms with Gasteiger partial charge in [0.05, 0.1) is 11.4 Å². The average Bonchev–Trinajstić information content (AvgIpc) is 2.87. The lowest BCUT2D eigenvalue weighted by Gasteiger charge is -2.11. The van der Waals surface area contributed by atoms with Crippen molar-refractivity contribution in [1.82, 2.24) is 9.13 Å². The maximum absolute atomic E-state index is 10.4. The molecule has 0 saturated heterocycles. The average molecular weight is 278 g/mol. The second-order valence-corrected chi connectivity index (χ2v) is 5.03. The third-order valence-corrected chi connectivity index (χ3v) is 3.91. The number of imidazole rings is 1. The van der Waals surface area contributed by atoms with Crippen LogP contribution in [0.2, 0.25) is 0 Å². The minimum atomic E-state index is 0.160. The molecule has 0 unspecified atom stereocenters. The third kappa shape index (κ3) is 2.28. The van der Waals surface area contributed by atoms with Crippen molar-refractivity contribution in [2.45, 2.75) is 33.2 Å². The van der Waals surface area contributed by atoms with Crippen molar-refractivity contribution in [3.63, 3.8) is 0 Å². The van der Waals surface area contributed by atoms with E-state index in [-0.39, 0.29) is 11.9 Å². The molecule has 0 saturated carbocycles. The van der Waals surface area contributed by atoms with Crippen molar-refractivity contribution in [2.75, 3.05) is 0 Å². The smallest absolute Gasteiger partial charge is 0.218 e. The minimum Gasteiger partial charge on any atom is -0.493 e. The number of aliphatic imine (C=N–C) groups is 2. The van der Waals surface area contributed by atoms with E-state index in [0.29, 0.717) is 10.5 Å². The lowest BCUT2D eigenvalue weighted by Crippen LogP contribution is -2.04. The van der Waals surface area contributed by atoms with Crippen LogP contribution in [0.5, 0.6) is 5.88 Å². The lowest BCUT2D eigenvalue weighted by molar-refractivity contribution is 0.383. The number of allylic oxidation sites excluding steroid dienone is 1. The fourth-order valence-electron chi connectivity index (χ4n) is 1.98. The highest BCUT2D eigenvalue weighted by Crippen LogP contribution is 2.28. The van der Waals surface area contributed by atoms with Gasteiger partial charge in [0, 0.05) is 13.1 Å². The molecular weight excluding hydrogens is 260 g/mol. The summed E-state index contributed by atoms with van der Waals surface area (Å²) in [6.07, 6.45) is 4.23. The summed E-state index contributed by atoms with van der Waals surface area (Å²) in [5, 5.41) is 10.4. The van der Waals surface area contributed by atoms with Crippen LogP contribution < -0.4 is 0 Å². The summed E-state index contributed by atoms with van der Waals surface area (Å²) in [6.45, 7) is 5.98. The molecule has 5 nitrogen and oxygen atoms in total. The number of hydrogen-bond donors (Lipinski definition) is 1. The van der Waals surface area contributed by atoms with E-state index < -0.39 is 0 Å². The van der Waals surface area contributed by atoms with Gasteiger partial charge < -0.3 is 9.67 Å². The van der Waals surface area contributed by atoms with Crippen LogP contribution >= 0.6 is 12.2 Å². The minimum absolute atomic E-state index is 0.160. The Hall–Kier alpha value is -1.69. The van der Waals surface area contributed by atoms with Crippen LogP contribution in [0.15, 0.2) is 15.7 Å². The highest BCUT2D eigenvalue weighted by Gasteiger charge is 2.18. The quantitative estimate of drug-likeness (QED) is 0.864. The Morgan fingerprint density at radius 3 is 2.74 bits per heavy atom. The van der Waals surface area contributed by atoms with Crippen molar-refractivity contribution >= 4 is 30.3 Å². The summed E-state index contributed by atoms with van der Waals surface area (Å²) in [4.78, 5) is 8.25. The van der Waals surface area contributed by atoms with Gasteiger partial charge in [-0.05, 0) is 38.6 Å². The molecule has 0 radical (unpaired) electrons. The lowest BCUT2D eigenvalue weighted by atomic mass is 10.2. The highest BCUT2D eigenvalue weighted by molar-refractivity contribution is 7.71. The predicted molar refractivity (Wildman–Crippen MR) is 80.5 cm³/mol. The summed E-state index contributed by atoms with van der Waals surface area (Å²) in [5.41, 5.74) is 2.25. The Morgan fingerprint density at radius 2 is 2.21 bits per heavy atom. The molecular formula is C13H18N4OS. The van der Waals surface area contributed by atoms with Crippen molar-refractivity contribution in [2.24, 2.45) is 17.0 Å². The van der Waals surface area contributed by atoms with Gasteiger partial charge in [-0.25, -0.2) is 9.98 Å². The first-order valence-electron chi connectivity index (χ1n) is 6.26. The Balaban J connectivity index is 2.58. The van der Waals surface area contributed by atoms with E-state index in [1.807, 2.05) is 27.0 Å². The van der Waals surface area contributed by atoms with Crippen LogP contribution in [-0.4, -0.2) is 26.3 Å². The topological polar surface area (TPSA) is 54.8 Å². The molecule has 1 N–H and O–H groups in total. The normalized spacial score (nSPS) is 18.1. The monoisotopic (exact) mass is 278 g/mol. The molecule has 0 aliphatic carbocycles. The highest BCUT2D eigenvalue weighted by atomic mass is 32.1. The van der Waals surface area contributed by atoms with Crippen molar-refractivity contribution in [3.05, 3.63) is 16.2 Å². The molecule has 2 rings (SSSR count). The first-order valence-corrected chi connectivity index (χ1v) is 6.67. The maximum Gasteiger partial charge on any atom is 0.218 e. The van der Waals surface area contributed by atoms with Gasteiger partial charge in [-0.1, -0.05) is 6.92 Å². The van der Waals surface area contributed by atoms with Gasteiger partial charge in [-0.3, -0.25) is 4.57 Å². The molecule has 1 aromatic rings. The Morgan fingerprint density at radius 1 is 1.53 bits per heavy atom. The molecule has 19 heavy (non-hydrogen) atoms. The summed E-state index contributed by atoms with van der Waals surface area (Å²) < 4.78 is 4.17. The van der Waals surface area contributed by atoms with E-state index in [4.69, 9.17) is 12.2 Å². The molecule has 1 aromatic heterocycles. The second-order valence-electron chi connectivity index (χ2n) is 4.67. The second kappa shape index (κ2) is 5.13. The molecule has 0 aromatic carbocycles. The number of aromatic nitrogens is 2. The Kier molecular flexibility index (Phi) is 3.71. The molecule has 0 spiro atoms. The van der Waals surface area contributed by atoms with Gasteiger partial charge >= 0.3 is 0 Å². The zero-order valence-corrected chi connectivity index (χ0v) is 12.4. The molecule has 102 valence electrons. The summed E-state index contributed by atoms with van der Waals surface area (Å²) in [7, 11) is 1.85. The van der Waals surface area contributed by atoms with Crippen LogP contribution in [0.3, 0.4) is 0 Å². The molecule has 1 aliphatic heterocycles. The summed E-state index contributed by atoms with van der Waals surface area (Å²) in [6, 6.07) is 0.160. The fraction of sp³-hybridized carbons (Fsp3) is 0.462. The molecule has 1 aliphatic rings. The first kappa shape index (κ1) is 13.7. The zero-order chi connectivity index (χ0) is 14.2. The van der Waals surface area contributed by atoms with Crippen molar-refractivity contribution < 1.29 is 5.11 Å². The van der Waals surface area contributed by atoms with E-state index in [2.05, 4.69) is 16.9 Å². The van der Waals surface area contributed by atoms with Crippen LogP contribution in [-0.2, 0) is 7.05 Å². The molecule has 0 amide bonds. The first-order chi connectivity index (χ1) is 8.97. The van der Waals surface area contributed by atoms with E-state index in [1.165, 1.54) is 6.34 Å². The van der Waals surface area contributed by atoms with Gasteiger partial charge in [-0.15, -0.1) is 0 Å². The number of nitrogens with zero attached hydrogens (tertiary/aromatic N) is 4. The van der Waals surface area contributed by atoms with Gasteiger partial charge in [0.1, 0.15) is 12.0 Å². The molecule has 0 fully saturated rings. The maximum atomic E-state index is 10.4. The van der Waals surface area contributed by atoms with Crippen LogP contribution in [0.4, 0.5) is 0 Å². The van der Waals surface area contributed by atoms with Crippen LogP contribution in [0, 0.1) is 4.77 Å². The van der Waals surface area contributed by atoms with E-state index in [1.54, 1.807) is 9.13 Å². The van der Waals surface area contributed by atoms with Crippen molar-refractivity contribution in [1.29, 1.82) is 0 Å². The predicted octanol–water partition coefficient (Wildman–Crippen LogP) is 3.08. The SMILES string of the molecule is CC[C@H](C)n1c(O)c(C=C2N=CN=C2C)n(C)c1=S. The van der Waals surface area contributed by atoms with Gasteiger partial charge in [0.25, 0.3) is 0 Å². The van der Waals surface area contributed by atoms with Gasteiger partial charge in [0.15, 0.2) is 4.77 Å². The molecule has 0 bridgehead atoms. The standard InChI is InChI=1S/C13H18N4OS/c1-5-8(2)17-12(18)11(16(4)13(17)19)6-10-9(3)14-7-15-10/h6-8,18H,5H2,1-4H3/t8-/m0/s1. The fourth-order valence-corrected chi connectivity index (χ4v) is 2.34. The van der Waals surface area contributed by atoms with Gasteiger partial charge in [0.2, 0.25) is 5.88 Å².